The van der Waals surface area contributed by atoms with Crippen molar-refractivity contribution >= 4 is 5.71 Å². The fourth-order valence-corrected chi connectivity index (χ4v) is 0.719. The van der Waals surface area contributed by atoms with Crippen LogP contribution in [0.5, 0.6) is 0 Å². The summed E-state index contributed by atoms with van der Waals surface area (Å²) in [5, 5.41) is 7.39. The van der Waals surface area contributed by atoms with Crippen LogP contribution in [0.3, 0.4) is 0 Å². The highest BCUT2D eigenvalue weighted by molar-refractivity contribution is 5.98. The Labute approximate surface area is 68.6 Å². The fraction of sp³-hybridized carbons (Fsp3) is 0.300. The molecule has 0 aliphatic heterocycles. The maximum Gasteiger partial charge on any atom is 0.0355 e. The number of allylic oxidation sites excluding steroid dienone is 5. The SMILES string of the molecule is C=C/C=C(\C=C(C)C)C(C)=N. The van der Waals surface area contributed by atoms with Gasteiger partial charge in [-0.2, -0.15) is 0 Å². The molecule has 0 saturated carbocycles. The van der Waals surface area contributed by atoms with Crippen LogP contribution in [0.15, 0.2) is 36.0 Å². The maximum atomic E-state index is 7.39. The monoisotopic (exact) mass is 149 g/mol. The van der Waals surface area contributed by atoms with Crippen LogP contribution in [0.2, 0.25) is 0 Å². The second-order valence-corrected chi connectivity index (χ2v) is 2.70. The summed E-state index contributed by atoms with van der Waals surface area (Å²) in [6, 6.07) is 0. The Morgan fingerprint density at radius 2 is 1.82 bits per heavy atom. The molecule has 0 heterocycles. The van der Waals surface area contributed by atoms with E-state index in [1.54, 1.807) is 13.0 Å². The average Bonchev–Trinajstić information content (AvgIpc) is 1.86. The molecule has 0 aromatic heterocycles. The molecule has 0 aromatic carbocycles. The predicted molar refractivity (Wildman–Crippen MR) is 51.1 cm³/mol. The second kappa shape index (κ2) is 4.67. The minimum Gasteiger partial charge on any atom is -0.305 e. The standard InChI is InChI=1S/C10H15N/c1-5-6-10(9(4)11)7-8(2)3/h5-7,11H,1H2,2-4H3/b10-6+,11-9?. The van der Waals surface area contributed by atoms with Gasteiger partial charge < -0.3 is 5.41 Å². The molecule has 0 aromatic rings. The zero-order chi connectivity index (χ0) is 8.85. The highest BCUT2D eigenvalue weighted by Gasteiger charge is 1.92. The fourth-order valence-electron chi connectivity index (χ4n) is 0.719. The van der Waals surface area contributed by atoms with Gasteiger partial charge in [-0.15, -0.1) is 0 Å². The quantitative estimate of drug-likeness (QED) is 0.471. The van der Waals surface area contributed by atoms with Crippen LogP contribution < -0.4 is 0 Å². The first-order chi connectivity index (χ1) is 5.07. The van der Waals surface area contributed by atoms with Gasteiger partial charge in [-0.1, -0.05) is 30.4 Å². The van der Waals surface area contributed by atoms with Crippen molar-refractivity contribution in [2.24, 2.45) is 0 Å². The minimum absolute atomic E-state index is 0.575. The van der Waals surface area contributed by atoms with E-state index in [0.29, 0.717) is 5.71 Å². The summed E-state index contributed by atoms with van der Waals surface area (Å²) in [4.78, 5) is 0. The number of nitrogens with one attached hydrogen (secondary N) is 1. The van der Waals surface area contributed by atoms with Gasteiger partial charge >= 0.3 is 0 Å². The average molecular weight is 149 g/mol. The molecule has 0 bridgehead atoms. The third-order valence-corrected chi connectivity index (χ3v) is 1.17. The second-order valence-electron chi connectivity index (χ2n) is 2.70. The highest BCUT2D eigenvalue weighted by atomic mass is 14.4. The summed E-state index contributed by atoms with van der Waals surface area (Å²) >= 11 is 0. The van der Waals surface area contributed by atoms with Gasteiger partial charge in [0.15, 0.2) is 0 Å². The summed E-state index contributed by atoms with van der Waals surface area (Å²) < 4.78 is 0. The Bertz CT molecular complexity index is 215. The Balaban J connectivity index is 4.63. The van der Waals surface area contributed by atoms with Crippen LogP contribution in [-0.4, -0.2) is 5.71 Å². The van der Waals surface area contributed by atoms with Crippen molar-refractivity contribution in [3.8, 4) is 0 Å². The highest BCUT2D eigenvalue weighted by Crippen LogP contribution is 2.03. The van der Waals surface area contributed by atoms with E-state index in [9.17, 15) is 0 Å². The third-order valence-electron chi connectivity index (χ3n) is 1.17. The van der Waals surface area contributed by atoms with Crippen molar-refractivity contribution in [1.29, 1.82) is 5.41 Å². The molecular formula is C10H15N. The van der Waals surface area contributed by atoms with E-state index in [4.69, 9.17) is 5.41 Å². The van der Waals surface area contributed by atoms with Crippen molar-refractivity contribution in [1.82, 2.24) is 0 Å². The molecule has 0 aliphatic rings. The molecule has 0 radical (unpaired) electrons. The molecule has 0 aliphatic carbocycles. The Kier molecular flexibility index (Phi) is 4.20. The Morgan fingerprint density at radius 1 is 1.27 bits per heavy atom. The lowest BCUT2D eigenvalue weighted by molar-refractivity contribution is 1.37. The molecule has 60 valence electrons. The van der Waals surface area contributed by atoms with Crippen LogP contribution in [0.4, 0.5) is 0 Å². The molecule has 0 unspecified atom stereocenters. The number of hydrogen-bond acceptors (Lipinski definition) is 1. The number of rotatable bonds is 3. The number of hydrogen-bond donors (Lipinski definition) is 1. The lowest BCUT2D eigenvalue weighted by Gasteiger charge is -1.97. The largest absolute Gasteiger partial charge is 0.305 e. The summed E-state index contributed by atoms with van der Waals surface area (Å²) in [6.45, 7) is 9.39. The van der Waals surface area contributed by atoms with Gasteiger partial charge in [0.05, 0.1) is 0 Å². The van der Waals surface area contributed by atoms with Crippen molar-refractivity contribution in [3.05, 3.63) is 36.0 Å². The summed E-state index contributed by atoms with van der Waals surface area (Å²) in [5.41, 5.74) is 2.70. The zero-order valence-corrected chi connectivity index (χ0v) is 7.44. The van der Waals surface area contributed by atoms with Gasteiger partial charge in [0.25, 0.3) is 0 Å². The van der Waals surface area contributed by atoms with E-state index in [1.165, 1.54) is 5.57 Å². The molecule has 0 spiro atoms. The van der Waals surface area contributed by atoms with Crippen LogP contribution in [0, 0.1) is 5.41 Å². The zero-order valence-electron chi connectivity index (χ0n) is 7.44. The minimum atomic E-state index is 0.575. The predicted octanol–water partition coefficient (Wildman–Crippen LogP) is 3.10. The molecule has 1 heteroatoms. The molecule has 0 amide bonds. The molecule has 1 N–H and O–H groups in total. The smallest absolute Gasteiger partial charge is 0.0355 e. The van der Waals surface area contributed by atoms with Crippen molar-refractivity contribution in [3.63, 3.8) is 0 Å². The molecule has 1 nitrogen and oxygen atoms in total. The Morgan fingerprint density at radius 3 is 2.09 bits per heavy atom. The first-order valence-electron chi connectivity index (χ1n) is 3.61. The van der Waals surface area contributed by atoms with Crippen LogP contribution in [0.1, 0.15) is 20.8 Å². The molecule has 0 fully saturated rings. The van der Waals surface area contributed by atoms with Gasteiger partial charge in [-0.3, -0.25) is 0 Å². The molecule has 0 atom stereocenters. The summed E-state index contributed by atoms with van der Waals surface area (Å²) in [6.07, 6.45) is 5.52. The maximum absolute atomic E-state index is 7.39. The summed E-state index contributed by atoms with van der Waals surface area (Å²) in [5.74, 6) is 0. The van der Waals surface area contributed by atoms with Gasteiger partial charge in [0, 0.05) is 5.71 Å². The first-order valence-corrected chi connectivity index (χ1v) is 3.61. The van der Waals surface area contributed by atoms with Crippen molar-refractivity contribution in [2.45, 2.75) is 20.8 Å². The van der Waals surface area contributed by atoms with E-state index in [1.807, 2.05) is 26.0 Å². The van der Waals surface area contributed by atoms with E-state index in [2.05, 4.69) is 6.58 Å². The van der Waals surface area contributed by atoms with Crippen LogP contribution >= 0.6 is 0 Å². The van der Waals surface area contributed by atoms with E-state index < -0.39 is 0 Å². The summed E-state index contributed by atoms with van der Waals surface area (Å²) in [7, 11) is 0. The van der Waals surface area contributed by atoms with Gasteiger partial charge in [-0.25, -0.2) is 0 Å². The van der Waals surface area contributed by atoms with E-state index >= 15 is 0 Å². The first kappa shape index (κ1) is 9.89. The molecule has 0 saturated heterocycles. The Hall–Kier alpha value is -1.11. The van der Waals surface area contributed by atoms with Crippen molar-refractivity contribution < 1.29 is 0 Å². The van der Waals surface area contributed by atoms with Crippen LogP contribution in [0.25, 0.3) is 0 Å². The van der Waals surface area contributed by atoms with E-state index in [-0.39, 0.29) is 0 Å². The van der Waals surface area contributed by atoms with Crippen LogP contribution in [-0.2, 0) is 0 Å². The van der Waals surface area contributed by atoms with E-state index in [0.717, 1.165) is 5.57 Å². The lowest BCUT2D eigenvalue weighted by Crippen LogP contribution is -1.91. The molecule has 11 heavy (non-hydrogen) atoms. The molecular weight excluding hydrogens is 134 g/mol. The molecule has 0 rings (SSSR count). The van der Waals surface area contributed by atoms with Gasteiger partial charge in [-0.05, 0) is 26.3 Å². The van der Waals surface area contributed by atoms with Gasteiger partial charge in [0.1, 0.15) is 0 Å². The lowest BCUT2D eigenvalue weighted by atomic mass is 10.1. The van der Waals surface area contributed by atoms with Crippen molar-refractivity contribution in [2.75, 3.05) is 0 Å². The third kappa shape index (κ3) is 4.31. The topological polar surface area (TPSA) is 23.9 Å². The van der Waals surface area contributed by atoms with Gasteiger partial charge in [0.2, 0.25) is 0 Å². The normalized spacial score (nSPS) is 10.6.